The molecule has 0 bridgehead atoms. The van der Waals surface area contributed by atoms with E-state index in [0.29, 0.717) is 24.7 Å². The van der Waals surface area contributed by atoms with Crippen molar-refractivity contribution in [1.29, 1.82) is 0 Å². The Hall–Kier alpha value is -3.41. The molecule has 1 saturated carbocycles. The van der Waals surface area contributed by atoms with Crippen LogP contribution in [0.2, 0.25) is 0 Å². The van der Waals surface area contributed by atoms with Gasteiger partial charge in [-0.05, 0) is 37.8 Å². The van der Waals surface area contributed by atoms with Crippen molar-refractivity contribution in [3.63, 3.8) is 0 Å². The van der Waals surface area contributed by atoms with Gasteiger partial charge in [0, 0.05) is 30.8 Å². The lowest BCUT2D eigenvalue weighted by Gasteiger charge is -2.22. The number of aryl methyl sites for hydroxylation is 2. The summed E-state index contributed by atoms with van der Waals surface area (Å²) < 4.78 is 0. The van der Waals surface area contributed by atoms with Crippen LogP contribution in [-0.2, 0) is 17.8 Å². The molecule has 0 radical (unpaired) electrons. The van der Waals surface area contributed by atoms with E-state index in [2.05, 4.69) is 63.2 Å². The molecule has 1 atom stereocenters. The summed E-state index contributed by atoms with van der Waals surface area (Å²) >= 11 is 0. The maximum atomic E-state index is 13.2. The van der Waals surface area contributed by atoms with Crippen molar-refractivity contribution >= 4 is 17.7 Å². The van der Waals surface area contributed by atoms with Gasteiger partial charge >= 0.3 is 0 Å². The van der Waals surface area contributed by atoms with Crippen LogP contribution in [0, 0.1) is 13.8 Å². The zero-order valence-corrected chi connectivity index (χ0v) is 19.5. The summed E-state index contributed by atoms with van der Waals surface area (Å²) in [7, 11) is 0. The highest BCUT2D eigenvalue weighted by Gasteiger charge is 2.24. The van der Waals surface area contributed by atoms with Crippen LogP contribution in [0.25, 0.3) is 0 Å². The number of nitrogens with zero attached hydrogens (tertiary/aromatic N) is 2. The van der Waals surface area contributed by atoms with Gasteiger partial charge in [-0.25, -0.2) is 4.98 Å². The molecule has 1 heterocycles. The highest BCUT2D eigenvalue weighted by atomic mass is 16.2. The molecule has 33 heavy (non-hydrogen) atoms. The molecule has 172 valence electrons. The first-order valence-corrected chi connectivity index (χ1v) is 11.8. The fraction of sp³-hybridized carbons (Fsp3) is 0.370. The fourth-order valence-corrected chi connectivity index (χ4v) is 4.33. The zero-order chi connectivity index (χ0) is 23.0. The number of anilines is 2. The van der Waals surface area contributed by atoms with Crippen LogP contribution >= 0.6 is 0 Å². The Morgan fingerprint density at radius 3 is 2.48 bits per heavy atom. The lowest BCUT2D eigenvalue weighted by Crippen LogP contribution is -2.45. The minimum absolute atomic E-state index is 0.0243. The molecule has 6 nitrogen and oxygen atoms in total. The van der Waals surface area contributed by atoms with Gasteiger partial charge in [-0.3, -0.25) is 4.79 Å². The van der Waals surface area contributed by atoms with Gasteiger partial charge in [0.25, 0.3) is 0 Å². The monoisotopic (exact) mass is 443 g/mol. The molecular weight excluding hydrogens is 410 g/mol. The summed E-state index contributed by atoms with van der Waals surface area (Å²) in [5.41, 5.74) is 4.35. The first kappa shape index (κ1) is 22.8. The Labute approximate surface area is 196 Å². The summed E-state index contributed by atoms with van der Waals surface area (Å²) in [6.45, 7) is 4.66. The van der Waals surface area contributed by atoms with E-state index in [1.807, 2.05) is 37.3 Å². The highest BCUT2D eigenvalue weighted by molar-refractivity contribution is 5.85. The normalized spacial score (nSPS) is 14.6. The molecule has 0 saturated heterocycles. The predicted molar refractivity (Wildman–Crippen MR) is 133 cm³/mol. The molecule has 1 fully saturated rings. The molecule has 0 unspecified atom stereocenters. The Bertz CT molecular complexity index is 1060. The summed E-state index contributed by atoms with van der Waals surface area (Å²) in [4.78, 5) is 22.4. The molecule has 1 aromatic heterocycles. The van der Waals surface area contributed by atoms with E-state index >= 15 is 0 Å². The molecule has 1 amide bonds. The van der Waals surface area contributed by atoms with E-state index in [9.17, 15) is 4.79 Å². The van der Waals surface area contributed by atoms with Crippen LogP contribution in [0.4, 0.5) is 11.8 Å². The van der Waals surface area contributed by atoms with Gasteiger partial charge in [0.15, 0.2) is 0 Å². The maximum Gasteiger partial charge on any atom is 0.243 e. The molecule has 1 aliphatic rings. The minimum atomic E-state index is -0.410. The second kappa shape index (κ2) is 10.9. The van der Waals surface area contributed by atoms with Crippen LogP contribution in [0.3, 0.4) is 0 Å². The Balaban J connectivity index is 1.48. The van der Waals surface area contributed by atoms with Gasteiger partial charge in [-0.1, -0.05) is 73.0 Å². The van der Waals surface area contributed by atoms with E-state index in [0.717, 1.165) is 24.1 Å². The topological polar surface area (TPSA) is 78.9 Å². The number of hydrogen-bond donors (Lipinski definition) is 3. The third kappa shape index (κ3) is 6.78. The van der Waals surface area contributed by atoms with E-state index < -0.39 is 6.04 Å². The van der Waals surface area contributed by atoms with Crippen LogP contribution in [0.5, 0.6) is 0 Å². The van der Waals surface area contributed by atoms with Crippen molar-refractivity contribution in [3.8, 4) is 0 Å². The Kier molecular flexibility index (Phi) is 7.55. The van der Waals surface area contributed by atoms with Crippen molar-refractivity contribution in [2.75, 3.05) is 10.6 Å². The second-order valence-corrected chi connectivity index (χ2v) is 8.94. The first-order valence-electron chi connectivity index (χ1n) is 11.8. The van der Waals surface area contributed by atoms with E-state index in [1.165, 1.54) is 24.0 Å². The number of amides is 1. The van der Waals surface area contributed by atoms with Gasteiger partial charge < -0.3 is 16.0 Å². The van der Waals surface area contributed by atoms with Crippen molar-refractivity contribution in [2.45, 2.75) is 64.6 Å². The van der Waals surface area contributed by atoms with Crippen LogP contribution < -0.4 is 16.0 Å². The third-order valence-corrected chi connectivity index (χ3v) is 6.01. The van der Waals surface area contributed by atoms with Gasteiger partial charge in [-0.2, -0.15) is 4.98 Å². The number of hydrogen-bond acceptors (Lipinski definition) is 5. The van der Waals surface area contributed by atoms with E-state index in [1.54, 1.807) is 0 Å². The van der Waals surface area contributed by atoms with E-state index in [-0.39, 0.29) is 11.9 Å². The number of rotatable bonds is 9. The smallest absolute Gasteiger partial charge is 0.243 e. The van der Waals surface area contributed by atoms with E-state index in [4.69, 9.17) is 0 Å². The molecule has 3 aromatic rings. The number of aromatic nitrogens is 2. The average Bonchev–Trinajstić information content (AvgIpc) is 3.31. The lowest BCUT2D eigenvalue weighted by atomic mass is 10.0. The minimum Gasteiger partial charge on any atom is -0.358 e. The van der Waals surface area contributed by atoms with Crippen LogP contribution in [0.1, 0.15) is 48.1 Å². The predicted octanol–water partition coefficient (Wildman–Crippen LogP) is 4.79. The molecule has 6 heteroatoms. The number of carbonyl (C=O) groups is 1. The summed E-state index contributed by atoms with van der Waals surface area (Å²) in [5, 5.41) is 9.94. The van der Waals surface area contributed by atoms with Crippen LogP contribution in [-0.4, -0.2) is 28.0 Å². The van der Waals surface area contributed by atoms with Gasteiger partial charge in [0.05, 0.1) is 0 Å². The molecule has 1 aliphatic carbocycles. The molecule has 4 rings (SSSR count). The molecule has 0 spiro atoms. The quantitative estimate of drug-likeness (QED) is 0.443. The standard InChI is InChI=1S/C27H33N5O/c1-19-9-8-12-22(15-19)18-28-27-29-20(2)16-25(32-27)31-24(17-21-10-4-3-5-11-21)26(33)30-23-13-6-7-14-23/h3-5,8-12,15-16,23-24H,6-7,13-14,17-18H2,1-2H3,(H,30,33)(H2,28,29,31,32)/t24-/m0/s1. The molecule has 2 aromatic carbocycles. The fourth-order valence-electron chi connectivity index (χ4n) is 4.33. The highest BCUT2D eigenvalue weighted by Crippen LogP contribution is 2.19. The summed E-state index contributed by atoms with van der Waals surface area (Å²) in [5.74, 6) is 1.22. The number of carbonyl (C=O) groups excluding carboxylic acids is 1. The largest absolute Gasteiger partial charge is 0.358 e. The van der Waals surface area contributed by atoms with Crippen LogP contribution in [0.15, 0.2) is 60.7 Å². The number of nitrogens with one attached hydrogen (secondary N) is 3. The summed E-state index contributed by atoms with van der Waals surface area (Å²) in [6, 6.07) is 20.2. The lowest BCUT2D eigenvalue weighted by molar-refractivity contribution is -0.122. The SMILES string of the molecule is Cc1cccc(CNc2nc(C)cc(N[C@@H](Cc3ccccc3)C(=O)NC3CCCC3)n2)c1. The molecule has 3 N–H and O–H groups in total. The molecule has 0 aliphatic heterocycles. The van der Waals surface area contributed by atoms with Gasteiger partial charge in [0.1, 0.15) is 11.9 Å². The van der Waals surface area contributed by atoms with Crippen molar-refractivity contribution in [1.82, 2.24) is 15.3 Å². The molecular formula is C27H33N5O. The van der Waals surface area contributed by atoms with Crippen molar-refractivity contribution < 1.29 is 4.79 Å². The third-order valence-electron chi connectivity index (χ3n) is 6.01. The van der Waals surface area contributed by atoms with Gasteiger partial charge in [0.2, 0.25) is 11.9 Å². The maximum absolute atomic E-state index is 13.2. The number of benzene rings is 2. The van der Waals surface area contributed by atoms with Crippen molar-refractivity contribution in [2.24, 2.45) is 0 Å². The van der Waals surface area contributed by atoms with Gasteiger partial charge in [-0.15, -0.1) is 0 Å². The van der Waals surface area contributed by atoms with Crippen molar-refractivity contribution in [3.05, 3.63) is 83.0 Å². The Morgan fingerprint density at radius 1 is 0.970 bits per heavy atom. The Morgan fingerprint density at radius 2 is 1.73 bits per heavy atom. The zero-order valence-electron chi connectivity index (χ0n) is 19.5. The summed E-state index contributed by atoms with van der Waals surface area (Å²) in [6.07, 6.45) is 5.08. The average molecular weight is 444 g/mol. The second-order valence-electron chi connectivity index (χ2n) is 8.94. The first-order chi connectivity index (χ1) is 16.0.